The number of aryl methyl sites for hydroxylation is 1. The third kappa shape index (κ3) is 2.93. The number of hydrogen-bond acceptors (Lipinski definition) is 3. The highest BCUT2D eigenvalue weighted by Crippen LogP contribution is 2.30. The molecule has 2 rings (SSSR count). The zero-order chi connectivity index (χ0) is 14.9. The Morgan fingerprint density at radius 2 is 2.15 bits per heavy atom. The van der Waals surface area contributed by atoms with Crippen molar-refractivity contribution in [2.24, 2.45) is 5.92 Å². The molecule has 1 aromatic heterocycles. The SMILES string of the molecule is Cc1ccc(-c2noc(CC(C)C)c2C(=O)O)cc1Br. The molecule has 5 heteroatoms. The summed E-state index contributed by atoms with van der Waals surface area (Å²) in [6, 6.07) is 5.63. The van der Waals surface area contributed by atoms with Crippen LogP contribution in [-0.4, -0.2) is 16.2 Å². The van der Waals surface area contributed by atoms with Gasteiger partial charge in [-0.3, -0.25) is 0 Å². The van der Waals surface area contributed by atoms with E-state index >= 15 is 0 Å². The molecule has 0 amide bonds. The second kappa shape index (κ2) is 5.79. The van der Waals surface area contributed by atoms with Crippen LogP contribution in [0, 0.1) is 12.8 Å². The molecule has 0 radical (unpaired) electrons. The number of aromatic carboxylic acids is 1. The summed E-state index contributed by atoms with van der Waals surface area (Å²) in [5.41, 5.74) is 2.36. The van der Waals surface area contributed by atoms with E-state index < -0.39 is 5.97 Å². The summed E-state index contributed by atoms with van der Waals surface area (Å²) in [4.78, 5) is 11.5. The molecule has 0 aliphatic rings. The Kier molecular flexibility index (Phi) is 4.28. The van der Waals surface area contributed by atoms with E-state index in [2.05, 4.69) is 21.1 Å². The number of benzene rings is 1. The van der Waals surface area contributed by atoms with E-state index in [4.69, 9.17) is 4.52 Å². The molecule has 0 saturated carbocycles. The molecule has 1 aromatic carbocycles. The van der Waals surface area contributed by atoms with E-state index in [0.29, 0.717) is 23.8 Å². The molecule has 106 valence electrons. The Hall–Kier alpha value is -1.62. The van der Waals surface area contributed by atoms with Gasteiger partial charge >= 0.3 is 5.97 Å². The van der Waals surface area contributed by atoms with Gasteiger partial charge in [0.05, 0.1) is 0 Å². The third-order valence-corrected chi connectivity index (χ3v) is 3.87. The highest BCUT2D eigenvalue weighted by molar-refractivity contribution is 9.10. The molecular formula is C15H16BrNO3. The van der Waals surface area contributed by atoms with Crippen LogP contribution < -0.4 is 0 Å². The predicted octanol–water partition coefficient (Wildman–Crippen LogP) is 4.31. The first kappa shape index (κ1) is 14.8. The average Bonchev–Trinajstić information content (AvgIpc) is 2.75. The van der Waals surface area contributed by atoms with Crippen molar-refractivity contribution in [1.82, 2.24) is 5.16 Å². The van der Waals surface area contributed by atoms with Crippen LogP contribution in [0.25, 0.3) is 11.3 Å². The van der Waals surface area contributed by atoms with Crippen molar-refractivity contribution in [1.29, 1.82) is 0 Å². The molecule has 0 atom stereocenters. The summed E-state index contributed by atoms with van der Waals surface area (Å²) in [5, 5.41) is 13.4. The number of nitrogens with zero attached hydrogens (tertiary/aromatic N) is 1. The monoisotopic (exact) mass is 337 g/mol. The molecule has 0 fully saturated rings. The summed E-state index contributed by atoms with van der Waals surface area (Å²) >= 11 is 3.45. The Balaban J connectivity index is 2.53. The Morgan fingerprint density at radius 3 is 2.70 bits per heavy atom. The molecule has 0 unspecified atom stereocenters. The van der Waals surface area contributed by atoms with E-state index in [1.807, 2.05) is 39.0 Å². The van der Waals surface area contributed by atoms with Gasteiger partial charge in [0.2, 0.25) is 0 Å². The van der Waals surface area contributed by atoms with Crippen molar-refractivity contribution in [2.45, 2.75) is 27.2 Å². The second-order valence-corrected chi connectivity index (χ2v) is 6.05. The van der Waals surface area contributed by atoms with Gasteiger partial charge in [-0.1, -0.05) is 47.1 Å². The Morgan fingerprint density at radius 1 is 1.45 bits per heavy atom. The molecule has 4 nitrogen and oxygen atoms in total. The van der Waals surface area contributed by atoms with Crippen LogP contribution in [-0.2, 0) is 6.42 Å². The summed E-state index contributed by atoms with van der Waals surface area (Å²) in [6.45, 7) is 5.99. The smallest absolute Gasteiger partial charge is 0.341 e. The van der Waals surface area contributed by atoms with Gasteiger partial charge in [0.25, 0.3) is 0 Å². The van der Waals surface area contributed by atoms with E-state index in [-0.39, 0.29) is 5.56 Å². The minimum absolute atomic E-state index is 0.162. The van der Waals surface area contributed by atoms with E-state index in [1.165, 1.54) is 0 Å². The van der Waals surface area contributed by atoms with Crippen molar-refractivity contribution in [2.75, 3.05) is 0 Å². The Labute approximate surface area is 125 Å². The average molecular weight is 338 g/mol. The maximum absolute atomic E-state index is 11.5. The van der Waals surface area contributed by atoms with Crippen LogP contribution in [0.4, 0.5) is 0 Å². The minimum Gasteiger partial charge on any atom is -0.477 e. The highest BCUT2D eigenvalue weighted by atomic mass is 79.9. The number of carbonyl (C=O) groups is 1. The molecule has 0 saturated heterocycles. The number of halogens is 1. The van der Waals surface area contributed by atoms with Crippen LogP contribution in [0.15, 0.2) is 27.2 Å². The number of aromatic nitrogens is 1. The van der Waals surface area contributed by atoms with Crippen molar-refractivity contribution >= 4 is 21.9 Å². The van der Waals surface area contributed by atoms with Crippen LogP contribution in [0.1, 0.15) is 35.5 Å². The zero-order valence-corrected chi connectivity index (χ0v) is 13.2. The van der Waals surface area contributed by atoms with Crippen molar-refractivity contribution in [3.8, 4) is 11.3 Å². The molecule has 0 aliphatic carbocycles. The molecule has 2 aromatic rings. The standard InChI is InChI=1S/C15H16BrNO3/c1-8(2)6-12-13(15(18)19)14(17-20-12)10-5-4-9(3)11(16)7-10/h4-5,7-8H,6H2,1-3H3,(H,18,19). The lowest BCUT2D eigenvalue weighted by atomic mass is 10.0. The lowest BCUT2D eigenvalue weighted by Crippen LogP contribution is -2.04. The molecule has 20 heavy (non-hydrogen) atoms. The Bertz CT molecular complexity index is 647. The van der Waals surface area contributed by atoms with Crippen molar-refractivity contribution in [3.05, 3.63) is 39.6 Å². The van der Waals surface area contributed by atoms with Gasteiger partial charge in [0.15, 0.2) is 5.76 Å². The third-order valence-electron chi connectivity index (χ3n) is 3.02. The number of rotatable bonds is 4. The highest BCUT2D eigenvalue weighted by Gasteiger charge is 2.24. The summed E-state index contributed by atoms with van der Waals surface area (Å²) in [6.07, 6.45) is 0.557. The normalized spacial score (nSPS) is 11.1. The van der Waals surface area contributed by atoms with Gasteiger partial charge in [-0.15, -0.1) is 0 Å². The molecular weight excluding hydrogens is 322 g/mol. The van der Waals surface area contributed by atoms with Gasteiger partial charge in [0.1, 0.15) is 11.3 Å². The van der Waals surface area contributed by atoms with Crippen LogP contribution in [0.5, 0.6) is 0 Å². The second-order valence-electron chi connectivity index (χ2n) is 5.20. The van der Waals surface area contributed by atoms with Crippen LogP contribution in [0.3, 0.4) is 0 Å². The van der Waals surface area contributed by atoms with Gasteiger partial charge in [-0.2, -0.15) is 0 Å². The first-order valence-corrected chi connectivity index (χ1v) is 7.17. The predicted molar refractivity (Wildman–Crippen MR) is 79.9 cm³/mol. The quantitative estimate of drug-likeness (QED) is 0.902. The fraction of sp³-hybridized carbons (Fsp3) is 0.333. The van der Waals surface area contributed by atoms with Crippen LogP contribution >= 0.6 is 15.9 Å². The lowest BCUT2D eigenvalue weighted by molar-refractivity contribution is 0.0695. The molecule has 0 bridgehead atoms. The van der Waals surface area contributed by atoms with Crippen molar-refractivity contribution < 1.29 is 14.4 Å². The maximum Gasteiger partial charge on any atom is 0.341 e. The first-order valence-electron chi connectivity index (χ1n) is 6.38. The van der Waals surface area contributed by atoms with Gasteiger partial charge in [-0.05, 0) is 24.5 Å². The fourth-order valence-corrected chi connectivity index (χ4v) is 2.37. The maximum atomic E-state index is 11.5. The number of carboxylic acids is 1. The minimum atomic E-state index is -1.01. The summed E-state index contributed by atoms with van der Waals surface area (Å²) in [7, 11) is 0. The van der Waals surface area contributed by atoms with E-state index in [0.717, 1.165) is 15.6 Å². The summed E-state index contributed by atoms with van der Waals surface area (Å²) in [5.74, 6) is -0.272. The number of carboxylic acid groups (broad SMARTS) is 1. The topological polar surface area (TPSA) is 63.3 Å². The van der Waals surface area contributed by atoms with Gasteiger partial charge in [0, 0.05) is 16.5 Å². The molecule has 1 heterocycles. The zero-order valence-electron chi connectivity index (χ0n) is 11.6. The van der Waals surface area contributed by atoms with Gasteiger partial charge in [-0.25, -0.2) is 4.79 Å². The van der Waals surface area contributed by atoms with Crippen LogP contribution in [0.2, 0.25) is 0 Å². The number of hydrogen-bond donors (Lipinski definition) is 1. The van der Waals surface area contributed by atoms with Crippen molar-refractivity contribution in [3.63, 3.8) is 0 Å². The molecule has 0 aliphatic heterocycles. The van der Waals surface area contributed by atoms with E-state index in [1.54, 1.807) is 0 Å². The largest absolute Gasteiger partial charge is 0.477 e. The van der Waals surface area contributed by atoms with E-state index in [9.17, 15) is 9.90 Å². The lowest BCUT2D eigenvalue weighted by Gasteiger charge is -2.04. The fourth-order valence-electron chi connectivity index (χ4n) is 1.99. The van der Waals surface area contributed by atoms with Gasteiger partial charge < -0.3 is 9.63 Å². The molecule has 1 N–H and O–H groups in total. The molecule has 0 spiro atoms. The summed E-state index contributed by atoms with van der Waals surface area (Å²) < 4.78 is 6.16. The first-order chi connectivity index (χ1) is 9.40.